The molecule has 0 radical (unpaired) electrons. The van der Waals surface area contributed by atoms with E-state index in [4.69, 9.17) is 18.0 Å². The Hall–Kier alpha value is -1.60. The molecule has 16 heavy (non-hydrogen) atoms. The van der Waals surface area contributed by atoms with Crippen LogP contribution >= 0.6 is 11.6 Å². The summed E-state index contributed by atoms with van der Waals surface area (Å²) in [4.78, 5) is 21.4. The second-order valence-electron chi connectivity index (χ2n) is 3.70. The minimum atomic E-state index is -0.0598. The van der Waals surface area contributed by atoms with E-state index in [0.717, 1.165) is 5.69 Å². The van der Waals surface area contributed by atoms with Gasteiger partial charge in [-0.25, -0.2) is 9.97 Å². The standard InChI is InChI=1S/C11H10ClN3O/c1-3-8-5-10(16)15(6-8)11-13-7(2)4-9(12)14-11/h1,4,8H,5-6H2,2H3. The third kappa shape index (κ3) is 2.00. The Labute approximate surface area is 98.6 Å². The number of rotatable bonds is 1. The normalized spacial score (nSPS) is 19.9. The minimum Gasteiger partial charge on any atom is -0.279 e. The molecule has 1 saturated heterocycles. The highest BCUT2D eigenvalue weighted by Crippen LogP contribution is 2.22. The van der Waals surface area contributed by atoms with Crippen LogP contribution in [0.2, 0.25) is 5.15 Å². The molecule has 1 amide bonds. The van der Waals surface area contributed by atoms with Crippen LogP contribution in [-0.4, -0.2) is 22.4 Å². The predicted molar refractivity (Wildman–Crippen MR) is 61.1 cm³/mol. The van der Waals surface area contributed by atoms with Gasteiger partial charge in [0.1, 0.15) is 5.15 Å². The Morgan fingerprint density at radius 2 is 2.38 bits per heavy atom. The first-order valence-corrected chi connectivity index (χ1v) is 5.25. The zero-order chi connectivity index (χ0) is 11.7. The van der Waals surface area contributed by atoms with Crippen molar-refractivity contribution < 1.29 is 4.79 Å². The van der Waals surface area contributed by atoms with E-state index in [-0.39, 0.29) is 11.8 Å². The van der Waals surface area contributed by atoms with Crippen molar-refractivity contribution in [1.29, 1.82) is 0 Å². The van der Waals surface area contributed by atoms with Gasteiger partial charge in [0.25, 0.3) is 0 Å². The fourth-order valence-electron chi connectivity index (χ4n) is 1.65. The van der Waals surface area contributed by atoms with Gasteiger partial charge in [0, 0.05) is 24.6 Å². The number of carbonyl (C=O) groups is 1. The van der Waals surface area contributed by atoms with Crippen LogP contribution in [0, 0.1) is 25.2 Å². The lowest BCUT2D eigenvalue weighted by atomic mass is 10.1. The van der Waals surface area contributed by atoms with Gasteiger partial charge in [-0.3, -0.25) is 9.69 Å². The zero-order valence-electron chi connectivity index (χ0n) is 8.77. The third-order valence-electron chi connectivity index (χ3n) is 2.41. The Morgan fingerprint density at radius 1 is 1.62 bits per heavy atom. The van der Waals surface area contributed by atoms with Crippen molar-refractivity contribution >= 4 is 23.5 Å². The van der Waals surface area contributed by atoms with E-state index in [0.29, 0.717) is 24.1 Å². The summed E-state index contributed by atoms with van der Waals surface area (Å²) in [5.41, 5.74) is 0.729. The molecule has 82 valence electrons. The summed E-state index contributed by atoms with van der Waals surface area (Å²) in [5, 5.41) is 0.333. The average molecular weight is 236 g/mol. The Bertz CT molecular complexity index is 460. The molecule has 0 bridgehead atoms. The highest BCUT2D eigenvalue weighted by atomic mass is 35.5. The van der Waals surface area contributed by atoms with Gasteiger partial charge in [0.15, 0.2) is 0 Å². The van der Waals surface area contributed by atoms with Crippen molar-refractivity contribution in [1.82, 2.24) is 9.97 Å². The molecular formula is C11H10ClN3O. The van der Waals surface area contributed by atoms with E-state index < -0.39 is 0 Å². The fraction of sp³-hybridized carbons (Fsp3) is 0.364. The van der Waals surface area contributed by atoms with Crippen LogP contribution in [0.1, 0.15) is 12.1 Å². The van der Waals surface area contributed by atoms with Crippen LogP contribution in [-0.2, 0) is 4.79 Å². The number of nitrogens with zero attached hydrogens (tertiary/aromatic N) is 3. The number of amides is 1. The maximum atomic E-state index is 11.7. The van der Waals surface area contributed by atoms with Crippen LogP contribution in [0.3, 0.4) is 0 Å². The van der Waals surface area contributed by atoms with Crippen LogP contribution in [0.4, 0.5) is 5.95 Å². The Morgan fingerprint density at radius 3 is 2.94 bits per heavy atom. The van der Waals surface area contributed by atoms with Gasteiger partial charge >= 0.3 is 0 Å². The first kappa shape index (κ1) is 10.9. The van der Waals surface area contributed by atoms with E-state index in [2.05, 4.69) is 15.9 Å². The van der Waals surface area contributed by atoms with Crippen LogP contribution in [0.25, 0.3) is 0 Å². The topological polar surface area (TPSA) is 46.1 Å². The number of hydrogen-bond donors (Lipinski definition) is 0. The second-order valence-corrected chi connectivity index (χ2v) is 4.09. The van der Waals surface area contributed by atoms with E-state index in [1.54, 1.807) is 13.0 Å². The maximum absolute atomic E-state index is 11.7. The second kappa shape index (κ2) is 4.11. The van der Waals surface area contributed by atoms with Gasteiger partial charge in [-0.05, 0) is 13.0 Å². The van der Waals surface area contributed by atoms with Gasteiger partial charge in [-0.2, -0.15) is 0 Å². The molecule has 0 N–H and O–H groups in total. The lowest BCUT2D eigenvalue weighted by molar-refractivity contribution is -0.117. The molecule has 1 atom stereocenters. The fourth-order valence-corrected chi connectivity index (χ4v) is 1.88. The molecule has 0 spiro atoms. The number of hydrogen-bond acceptors (Lipinski definition) is 3. The summed E-state index contributed by atoms with van der Waals surface area (Å²) in [7, 11) is 0. The smallest absolute Gasteiger partial charge is 0.233 e. The lowest BCUT2D eigenvalue weighted by Crippen LogP contribution is -2.26. The number of halogens is 1. The molecule has 5 heteroatoms. The summed E-state index contributed by atoms with van der Waals surface area (Å²) in [6.07, 6.45) is 5.65. The molecular weight excluding hydrogens is 226 g/mol. The summed E-state index contributed by atoms with van der Waals surface area (Å²) in [6.45, 7) is 2.27. The van der Waals surface area contributed by atoms with Gasteiger partial charge in [0.2, 0.25) is 11.9 Å². The number of anilines is 1. The highest BCUT2D eigenvalue weighted by molar-refractivity contribution is 6.29. The number of aromatic nitrogens is 2. The average Bonchev–Trinajstić information content (AvgIpc) is 2.58. The predicted octanol–water partition coefficient (Wildman–Crippen LogP) is 1.42. The summed E-state index contributed by atoms with van der Waals surface area (Å²) < 4.78 is 0. The first-order valence-electron chi connectivity index (χ1n) is 4.88. The van der Waals surface area contributed by atoms with Crippen molar-refractivity contribution in [3.63, 3.8) is 0 Å². The first-order chi connectivity index (χ1) is 7.60. The van der Waals surface area contributed by atoms with Crippen molar-refractivity contribution in [2.75, 3.05) is 11.4 Å². The molecule has 1 aliphatic rings. The zero-order valence-corrected chi connectivity index (χ0v) is 9.53. The minimum absolute atomic E-state index is 0.0513. The highest BCUT2D eigenvalue weighted by Gasteiger charge is 2.31. The molecule has 4 nitrogen and oxygen atoms in total. The van der Waals surface area contributed by atoms with Gasteiger partial charge in [0.05, 0.1) is 0 Å². The lowest BCUT2D eigenvalue weighted by Gasteiger charge is -2.13. The SMILES string of the molecule is C#CC1CC(=O)N(c2nc(C)cc(Cl)n2)C1. The monoisotopic (exact) mass is 235 g/mol. The number of terminal acetylenes is 1. The Balaban J connectivity index is 2.32. The molecule has 0 saturated carbocycles. The molecule has 0 aliphatic carbocycles. The molecule has 1 aromatic rings. The molecule has 2 heterocycles. The summed E-state index contributed by atoms with van der Waals surface area (Å²) >= 11 is 5.82. The van der Waals surface area contributed by atoms with Crippen molar-refractivity contribution in [2.24, 2.45) is 5.92 Å². The molecule has 1 fully saturated rings. The molecule has 1 aliphatic heterocycles. The third-order valence-corrected chi connectivity index (χ3v) is 2.61. The molecule has 0 aromatic carbocycles. The quantitative estimate of drug-likeness (QED) is 0.546. The van der Waals surface area contributed by atoms with Crippen molar-refractivity contribution in [2.45, 2.75) is 13.3 Å². The Kier molecular flexibility index (Phi) is 2.80. The van der Waals surface area contributed by atoms with Gasteiger partial charge in [-0.1, -0.05) is 11.6 Å². The van der Waals surface area contributed by atoms with E-state index in [1.807, 2.05) is 0 Å². The van der Waals surface area contributed by atoms with Crippen molar-refractivity contribution in [3.05, 3.63) is 16.9 Å². The van der Waals surface area contributed by atoms with Crippen LogP contribution in [0.5, 0.6) is 0 Å². The van der Waals surface area contributed by atoms with Gasteiger partial charge < -0.3 is 0 Å². The van der Waals surface area contributed by atoms with Crippen molar-refractivity contribution in [3.8, 4) is 12.3 Å². The summed E-state index contributed by atoms with van der Waals surface area (Å²) in [6, 6.07) is 1.64. The molecule has 2 rings (SSSR count). The van der Waals surface area contributed by atoms with E-state index in [9.17, 15) is 4.79 Å². The molecule has 1 unspecified atom stereocenters. The number of aryl methyl sites for hydroxylation is 1. The maximum Gasteiger partial charge on any atom is 0.233 e. The van der Waals surface area contributed by atoms with E-state index in [1.165, 1.54) is 4.90 Å². The van der Waals surface area contributed by atoms with E-state index >= 15 is 0 Å². The van der Waals surface area contributed by atoms with Crippen LogP contribution < -0.4 is 4.90 Å². The largest absolute Gasteiger partial charge is 0.279 e. The van der Waals surface area contributed by atoms with Crippen LogP contribution in [0.15, 0.2) is 6.07 Å². The summed E-state index contributed by atoms with van der Waals surface area (Å²) in [5.74, 6) is 2.80. The van der Waals surface area contributed by atoms with Gasteiger partial charge in [-0.15, -0.1) is 12.3 Å². The molecule has 1 aromatic heterocycles. The number of carbonyl (C=O) groups excluding carboxylic acids is 1.